The SMILES string of the molecule is O=S(=O)(O)c1ccc(S(=O)(=O)O)c(N2CCOCC2)c1.[Na].[Na]. The summed E-state index contributed by atoms with van der Waals surface area (Å²) in [4.78, 5) is 0.722. The van der Waals surface area contributed by atoms with Gasteiger partial charge in [-0.05, 0) is 18.2 Å². The smallest absolute Gasteiger partial charge is 0.296 e. The number of nitrogens with zero attached hydrogens (tertiary/aromatic N) is 1. The monoisotopic (exact) mass is 369 g/mol. The van der Waals surface area contributed by atoms with E-state index in [0.717, 1.165) is 18.2 Å². The van der Waals surface area contributed by atoms with Crippen molar-refractivity contribution < 1.29 is 30.7 Å². The molecule has 2 radical (unpaired) electrons. The molecule has 22 heavy (non-hydrogen) atoms. The molecule has 0 amide bonds. The number of rotatable bonds is 3. The van der Waals surface area contributed by atoms with Gasteiger partial charge in [-0.3, -0.25) is 9.11 Å². The van der Waals surface area contributed by atoms with Gasteiger partial charge in [0, 0.05) is 72.2 Å². The summed E-state index contributed by atoms with van der Waals surface area (Å²) in [6, 6.07) is 2.88. The number of benzene rings is 1. The molecule has 0 saturated carbocycles. The largest absolute Gasteiger partial charge is 0.378 e. The summed E-state index contributed by atoms with van der Waals surface area (Å²) < 4.78 is 68.3. The molecule has 2 N–H and O–H groups in total. The van der Waals surface area contributed by atoms with Crippen LogP contribution in [0.2, 0.25) is 0 Å². The minimum absolute atomic E-state index is 0. The Labute approximate surface area is 173 Å². The minimum atomic E-state index is -4.50. The number of hydrogen-bond acceptors (Lipinski definition) is 6. The summed E-state index contributed by atoms with van der Waals surface area (Å²) in [5.74, 6) is 0. The Morgan fingerprint density at radius 3 is 1.95 bits per heavy atom. The summed E-state index contributed by atoms with van der Waals surface area (Å²) in [7, 11) is -8.96. The maximum atomic E-state index is 11.3. The third-order valence-corrected chi connectivity index (χ3v) is 4.61. The van der Waals surface area contributed by atoms with Crippen molar-refractivity contribution in [3.05, 3.63) is 18.2 Å². The molecule has 1 fully saturated rings. The van der Waals surface area contributed by atoms with Crippen molar-refractivity contribution in [2.45, 2.75) is 9.79 Å². The molecule has 1 aliphatic rings. The zero-order valence-corrected chi connectivity index (χ0v) is 17.9. The molecule has 1 aliphatic heterocycles. The Morgan fingerprint density at radius 1 is 0.955 bits per heavy atom. The molecule has 1 saturated heterocycles. The van der Waals surface area contributed by atoms with Gasteiger partial charge in [0.15, 0.2) is 0 Å². The molecule has 0 aromatic heterocycles. The van der Waals surface area contributed by atoms with E-state index in [1.54, 1.807) is 4.90 Å². The second kappa shape index (κ2) is 8.77. The van der Waals surface area contributed by atoms with Crippen LogP contribution in [0.15, 0.2) is 28.0 Å². The Hall–Kier alpha value is 0.800. The molecule has 0 atom stereocenters. The van der Waals surface area contributed by atoms with E-state index < -0.39 is 30.0 Å². The molecular weight excluding hydrogens is 356 g/mol. The Kier molecular flexibility index (Phi) is 9.09. The van der Waals surface area contributed by atoms with E-state index in [1.807, 2.05) is 0 Å². The van der Waals surface area contributed by atoms with Crippen LogP contribution in [0.1, 0.15) is 0 Å². The van der Waals surface area contributed by atoms with Crippen LogP contribution in [0.25, 0.3) is 0 Å². The van der Waals surface area contributed by atoms with E-state index >= 15 is 0 Å². The van der Waals surface area contributed by atoms with Crippen molar-refractivity contribution in [3.63, 3.8) is 0 Å². The number of morpholine rings is 1. The first-order valence-electron chi connectivity index (χ1n) is 5.61. The van der Waals surface area contributed by atoms with E-state index in [9.17, 15) is 21.4 Å². The summed E-state index contributed by atoms with van der Waals surface area (Å²) in [5, 5.41) is 0. The van der Waals surface area contributed by atoms with Gasteiger partial charge in [0.1, 0.15) is 4.90 Å². The van der Waals surface area contributed by atoms with Crippen LogP contribution in [0.4, 0.5) is 5.69 Å². The van der Waals surface area contributed by atoms with Gasteiger partial charge in [-0.1, -0.05) is 0 Å². The van der Waals surface area contributed by atoms with E-state index in [1.165, 1.54) is 0 Å². The molecule has 0 bridgehead atoms. The van der Waals surface area contributed by atoms with Crippen LogP contribution in [-0.4, -0.2) is 111 Å². The fraction of sp³-hybridized carbons (Fsp3) is 0.400. The van der Waals surface area contributed by atoms with Crippen molar-refractivity contribution in [2.24, 2.45) is 0 Å². The molecule has 114 valence electrons. The average Bonchev–Trinajstić information content (AvgIpc) is 2.37. The zero-order valence-electron chi connectivity index (χ0n) is 12.3. The molecular formula is C10H13NNa2O7S2. The van der Waals surface area contributed by atoms with Crippen LogP contribution in [0.5, 0.6) is 0 Å². The molecule has 0 unspecified atom stereocenters. The summed E-state index contributed by atoms with van der Waals surface area (Å²) in [6.45, 7) is 1.39. The van der Waals surface area contributed by atoms with E-state index in [4.69, 9.17) is 9.29 Å². The number of anilines is 1. The molecule has 12 heteroatoms. The quantitative estimate of drug-likeness (QED) is 0.528. The van der Waals surface area contributed by atoms with Crippen LogP contribution >= 0.6 is 0 Å². The molecule has 1 aromatic carbocycles. The van der Waals surface area contributed by atoms with Gasteiger partial charge in [-0.2, -0.15) is 16.8 Å². The Bertz CT molecular complexity index is 715. The Balaban J connectivity index is 0.00000220. The summed E-state index contributed by atoms with van der Waals surface area (Å²) >= 11 is 0. The molecule has 8 nitrogen and oxygen atoms in total. The summed E-state index contributed by atoms with van der Waals surface area (Å²) in [5.41, 5.74) is 0.0194. The zero-order chi connectivity index (χ0) is 15.0. The van der Waals surface area contributed by atoms with Crippen LogP contribution < -0.4 is 4.90 Å². The maximum absolute atomic E-state index is 11.3. The topological polar surface area (TPSA) is 121 Å². The Morgan fingerprint density at radius 2 is 1.50 bits per heavy atom. The van der Waals surface area contributed by atoms with Gasteiger partial charge in [-0.15, -0.1) is 0 Å². The normalized spacial score (nSPS) is 15.6. The number of hydrogen-bond donors (Lipinski definition) is 2. The standard InChI is InChI=1S/C10H13NO7S2.2Na/c12-19(13,14)8-1-2-10(20(15,16)17)9(7-8)11-3-5-18-6-4-11;;/h1-2,7H,3-6H2,(H,12,13,14)(H,15,16,17);;. The van der Waals surface area contributed by atoms with Gasteiger partial charge in [0.25, 0.3) is 20.2 Å². The van der Waals surface area contributed by atoms with Crippen LogP contribution in [0.3, 0.4) is 0 Å². The van der Waals surface area contributed by atoms with E-state index in [0.29, 0.717) is 26.3 Å². The predicted octanol–water partition coefficient (Wildman–Crippen LogP) is -0.745. The fourth-order valence-corrected chi connectivity index (χ4v) is 3.12. The molecule has 2 rings (SSSR count). The second-order valence-electron chi connectivity index (χ2n) is 4.18. The van der Waals surface area contributed by atoms with Gasteiger partial charge in [-0.25, -0.2) is 0 Å². The van der Waals surface area contributed by atoms with E-state index in [2.05, 4.69) is 0 Å². The minimum Gasteiger partial charge on any atom is -0.378 e. The van der Waals surface area contributed by atoms with Gasteiger partial charge < -0.3 is 9.64 Å². The third-order valence-electron chi connectivity index (χ3n) is 2.86. The van der Waals surface area contributed by atoms with Gasteiger partial charge >= 0.3 is 0 Å². The van der Waals surface area contributed by atoms with Crippen molar-refractivity contribution in [1.29, 1.82) is 0 Å². The second-order valence-corrected chi connectivity index (χ2v) is 6.99. The summed E-state index contributed by atoms with van der Waals surface area (Å²) in [6.07, 6.45) is 0. The van der Waals surface area contributed by atoms with Crippen molar-refractivity contribution in [3.8, 4) is 0 Å². The third kappa shape index (κ3) is 5.71. The van der Waals surface area contributed by atoms with Crippen molar-refractivity contribution >= 4 is 85.0 Å². The average molecular weight is 369 g/mol. The first-order chi connectivity index (χ1) is 9.19. The first kappa shape index (κ1) is 22.8. The maximum Gasteiger partial charge on any atom is 0.296 e. The predicted molar refractivity (Wildman–Crippen MR) is 80.6 cm³/mol. The molecule has 0 aliphatic carbocycles. The van der Waals surface area contributed by atoms with Gasteiger partial charge in [0.05, 0.1) is 23.8 Å². The van der Waals surface area contributed by atoms with Crippen LogP contribution in [0, 0.1) is 0 Å². The number of ether oxygens (including phenoxy) is 1. The first-order valence-corrected chi connectivity index (χ1v) is 8.49. The van der Waals surface area contributed by atoms with Crippen molar-refractivity contribution in [2.75, 3.05) is 31.2 Å². The van der Waals surface area contributed by atoms with Gasteiger partial charge in [0.2, 0.25) is 0 Å². The van der Waals surface area contributed by atoms with Crippen LogP contribution in [-0.2, 0) is 25.0 Å². The molecule has 1 aromatic rings. The molecule has 0 spiro atoms. The van der Waals surface area contributed by atoms with Crippen molar-refractivity contribution in [1.82, 2.24) is 0 Å². The van der Waals surface area contributed by atoms with E-state index in [-0.39, 0.29) is 64.8 Å². The fourth-order valence-electron chi connectivity index (χ4n) is 1.93. The molecule has 1 heterocycles.